The number of carboxylic acid groups (broad SMARTS) is 1. The van der Waals surface area contributed by atoms with Crippen molar-refractivity contribution in [3.05, 3.63) is 16.3 Å². The van der Waals surface area contributed by atoms with Gasteiger partial charge in [0.05, 0.1) is 0 Å². The lowest BCUT2D eigenvalue weighted by atomic mass is 10.3. The Morgan fingerprint density at radius 2 is 2.33 bits per heavy atom. The molecule has 1 aliphatic rings. The second-order valence-corrected chi connectivity index (χ2v) is 6.89. The molecule has 1 unspecified atom stereocenters. The number of likely N-dealkylation sites (tertiary alicyclic amines) is 1. The summed E-state index contributed by atoms with van der Waals surface area (Å²) in [6, 6.07) is 1.18. The molecule has 2 heterocycles. The molecule has 0 aliphatic carbocycles. The van der Waals surface area contributed by atoms with Crippen LogP contribution in [0.1, 0.15) is 16.1 Å². The minimum Gasteiger partial charge on any atom is -0.477 e. The number of rotatable bonds is 4. The van der Waals surface area contributed by atoms with E-state index in [4.69, 9.17) is 5.11 Å². The lowest BCUT2D eigenvalue weighted by Crippen LogP contribution is -2.36. The molecule has 1 aromatic heterocycles. The van der Waals surface area contributed by atoms with Crippen molar-refractivity contribution in [1.82, 2.24) is 9.62 Å². The molecule has 0 spiro atoms. The summed E-state index contributed by atoms with van der Waals surface area (Å²) in [5.74, 6) is -1.21. The second kappa shape index (κ2) is 4.96. The highest BCUT2D eigenvalue weighted by atomic mass is 32.2. The third-order valence-electron chi connectivity index (χ3n) is 2.83. The fraction of sp³-hybridized carbons (Fsp3) is 0.500. The van der Waals surface area contributed by atoms with Crippen LogP contribution in [-0.2, 0) is 10.0 Å². The van der Waals surface area contributed by atoms with Crippen molar-refractivity contribution in [2.75, 3.05) is 20.1 Å². The normalized spacial score (nSPS) is 21.3. The quantitative estimate of drug-likeness (QED) is 0.839. The fourth-order valence-electron chi connectivity index (χ4n) is 1.98. The van der Waals surface area contributed by atoms with Crippen LogP contribution in [0.4, 0.5) is 0 Å². The van der Waals surface area contributed by atoms with Crippen LogP contribution in [0.3, 0.4) is 0 Å². The van der Waals surface area contributed by atoms with Crippen LogP contribution in [0.25, 0.3) is 0 Å². The molecule has 8 heteroatoms. The Balaban J connectivity index is 2.20. The van der Waals surface area contributed by atoms with Crippen molar-refractivity contribution in [3.8, 4) is 0 Å². The lowest BCUT2D eigenvalue weighted by Gasteiger charge is -2.12. The Morgan fingerprint density at radius 1 is 1.61 bits per heavy atom. The maximum atomic E-state index is 12.1. The number of nitrogens with one attached hydrogen (secondary N) is 1. The predicted octanol–water partition coefficient (Wildman–Crippen LogP) is 0.429. The largest absolute Gasteiger partial charge is 0.477 e. The maximum absolute atomic E-state index is 12.1. The van der Waals surface area contributed by atoms with Gasteiger partial charge in [0, 0.05) is 12.6 Å². The SMILES string of the molecule is CN1CCC(NS(=O)(=O)c2ccsc2C(=O)O)C1. The average Bonchev–Trinajstić information content (AvgIpc) is 2.86. The summed E-state index contributed by atoms with van der Waals surface area (Å²) < 4.78 is 26.7. The number of hydrogen-bond acceptors (Lipinski definition) is 5. The first-order chi connectivity index (χ1) is 8.40. The van der Waals surface area contributed by atoms with Crippen LogP contribution in [0.15, 0.2) is 16.3 Å². The van der Waals surface area contributed by atoms with Crippen molar-refractivity contribution < 1.29 is 18.3 Å². The molecule has 6 nitrogen and oxygen atoms in total. The lowest BCUT2D eigenvalue weighted by molar-refractivity contribution is 0.0698. The maximum Gasteiger partial charge on any atom is 0.347 e. The summed E-state index contributed by atoms with van der Waals surface area (Å²) in [4.78, 5) is 12.7. The van der Waals surface area contributed by atoms with E-state index in [1.165, 1.54) is 11.4 Å². The molecule has 0 amide bonds. The van der Waals surface area contributed by atoms with Crippen molar-refractivity contribution in [2.45, 2.75) is 17.4 Å². The molecule has 2 rings (SSSR count). The van der Waals surface area contributed by atoms with Gasteiger partial charge in [0.15, 0.2) is 0 Å². The zero-order chi connectivity index (χ0) is 13.3. The molecule has 2 N–H and O–H groups in total. The van der Waals surface area contributed by atoms with Crippen LogP contribution in [0.5, 0.6) is 0 Å². The van der Waals surface area contributed by atoms with E-state index < -0.39 is 16.0 Å². The Kier molecular flexibility index (Phi) is 3.71. The number of carbonyl (C=O) groups is 1. The second-order valence-electron chi connectivity index (χ2n) is 4.29. The number of hydrogen-bond donors (Lipinski definition) is 2. The van der Waals surface area contributed by atoms with E-state index >= 15 is 0 Å². The van der Waals surface area contributed by atoms with Gasteiger partial charge in [0.25, 0.3) is 0 Å². The number of likely N-dealkylation sites (N-methyl/N-ethyl adjacent to an activating group) is 1. The fourth-order valence-corrected chi connectivity index (χ4v) is 4.50. The topological polar surface area (TPSA) is 86.7 Å². The molecular formula is C10H14N2O4S2. The summed E-state index contributed by atoms with van der Waals surface area (Å²) in [6.45, 7) is 1.48. The summed E-state index contributed by atoms with van der Waals surface area (Å²) in [5, 5.41) is 10.4. The van der Waals surface area contributed by atoms with Crippen LogP contribution in [0, 0.1) is 0 Å². The van der Waals surface area contributed by atoms with E-state index in [0.29, 0.717) is 6.54 Å². The average molecular weight is 290 g/mol. The Labute approximate surface area is 109 Å². The Hall–Kier alpha value is -0.960. The van der Waals surface area contributed by atoms with Crippen molar-refractivity contribution in [3.63, 3.8) is 0 Å². The number of sulfonamides is 1. The summed E-state index contributed by atoms with van der Waals surface area (Å²) >= 11 is 0.914. The van der Waals surface area contributed by atoms with Crippen LogP contribution in [-0.4, -0.2) is 50.6 Å². The number of carboxylic acids is 1. The molecule has 1 fully saturated rings. The van der Waals surface area contributed by atoms with Gasteiger partial charge >= 0.3 is 5.97 Å². The Morgan fingerprint density at radius 3 is 2.89 bits per heavy atom. The predicted molar refractivity (Wildman–Crippen MR) is 67.5 cm³/mol. The van der Waals surface area contributed by atoms with E-state index in [1.54, 1.807) is 0 Å². The number of thiophene rings is 1. The van der Waals surface area contributed by atoms with Gasteiger partial charge in [-0.25, -0.2) is 17.9 Å². The summed E-state index contributed by atoms with van der Waals surface area (Å²) in [7, 11) is -1.83. The van der Waals surface area contributed by atoms with Gasteiger partial charge in [-0.3, -0.25) is 0 Å². The van der Waals surface area contributed by atoms with Crippen LogP contribution >= 0.6 is 11.3 Å². The monoisotopic (exact) mass is 290 g/mol. The highest BCUT2D eigenvalue weighted by Crippen LogP contribution is 2.22. The van der Waals surface area contributed by atoms with Crippen molar-refractivity contribution in [1.29, 1.82) is 0 Å². The molecule has 0 aromatic carbocycles. The molecule has 1 atom stereocenters. The minimum atomic E-state index is -3.75. The molecule has 1 saturated heterocycles. The molecule has 100 valence electrons. The third kappa shape index (κ3) is 2.72. The van der Waals surface area contributed by atoms with Gasteiger partial charge in [0.1, 0.15) is 9.77 Å². The first-order valence-corrected chi connectivity index (χ1v) is 7.78. The van der Waals surface area contributed by atoms with Gasteiger partial charge in [-0.2, -0.15) is 0 Å². The van der Waals surface area contributed by atoms with Crippen molar-refractivity contribution >= 4 is 27.3 Å². The minimum absolute atomic E-state index is 0.144. The van der Waals surface area contributed by atoms with E-state index in [2.05, 4.69) is 4.72 Å². The zero-order valence-corrected chi connectivity index (χ0v) is 11.4. The molecule has 0 radical (unpaired) electrons. The Bertz CT molecular complexity index is 552. The van der Waals surface area contributed by atoms with Gasteiger partial charge in [-0.05, 0) is 31.5 Å². The number of aromatic carboxylic acids is 1. The highest BCUT2D eigenvalue weighted by molar-refractivity contribution is 7.89. The first-order valence-electron chi connectivity index (χ1n) is 5.42. The summed E-state index contributed by atoms with van der Waals surface area (Å²) in [5.41, 5.74) is 0. The van der Waals surface area contributed by atoms with Gasteiger partial charge in [-0.15, -0.1) is 11.3 Å². The van der Waals surface area contributed by atoms with Gasteiger partial charge in [0.2, 0.25) is 10.0 Å². The van der Waals surface area contributed by atoms with Crippen molar-refractivity contribution in [2.24, 2.45) is 0 Å². The third-order valence-corrected chi connectivity index (χ3v) is 5.42. The molecule has 18 heavy (non-hydrogen) atoms. The van der Waals surface area contributed by atoms with Crippen LogP contribution in [0.2, 0.25) is 0 Å². The zero-order valence-electron chi connectivity index (χ0n) is 9.79. The molecular weight excluding hydrogens is 276 g/mol. The van der Waals surface area contributed by atoms with E-state index in [1.807, 2.05) is 11.9 Å². The van der Waals surface area contributed by atoms with E-state index in [-0.39, 0.29) is 15.8 Å². The van der Waals surface area contributed by atoms with E-state index in [0.717, 1.165) is 24.3 Å². The number of nitrogens with zero attached hydrogens (tertiary/aromatic N) is 1. The van der Waals surface area contributed by atoms with Gasteiger partial charge in [-0.1, -0.05) is 0 Å². The standard InChI is InChI=1S/C10H14N2O4S2/c1-12-4-2-7(6-12)11-18(15,16)8-3-5-17-9(8)10(13)14/h3,5,7,11H,2,4,6H2,1H3,(H,13,14). The smallest absolute Gasteiger partial charge is 0.347 e. The molecule has 0 bridgehead atoms. The van der Waals surface area contributed by atoms with E-state index in [9.17, 15) is 13.2 Å². The van der Waals surface area contributed by atoms with Crippen LogP contribution < -0.4 is 4.72 Å². The molecule has 1 aromatic rings. The van der Waals surface area contributed by atoms with Gasteiger partial charge < -0.3 is 10.0 Å². The molecule has 1 aliphatic heterocycles. The summed E-state index contributed by atoms with van der Waals surface area (Å²) in [6.07, 6.45) is 0.738. The molecule has 0 saturated carbocycles. The highest BCUT2D eigenvalue weighted by Gasteiger charge is 2.29. The first kappa shape index (κ1) is 13.5.